The minimum Gasteiger partial charge on any atom is -0.337 e. The van der Waals surface area contributed by atoms with E-state index in [1.807, 2.05) is 16.6 Å². The number of hydrogen-bond acceptors (Lipinski definition) is 4. The van der Waals surface area contributed by atoms with Crippen molar-refractivity contribution in [2.24, 2.45) is 7.05 Å². The molecule has 4 rings (SSSR count). The fraction of sp³-hybridized carbons (Fsp3) is 0.619. The van der Waals surface area contributed by atoms with Gasteiger partial charge < -0.3 is 4.90 Å². The lowest BCUT2D eigenvalue weighted by atomic mass is 9.90. The zero-order chi connectivity index (χ0) is 18.8. The van der Waals surface area contributed by atoms with E-state index in [4.69, 9.17) is 0 Å². The summed E-state index contributed by atoms with van der Waals surface area (Å²) in [7, 11) is 4.20. The van der Waals surface area contributed by atoms with E-state index in [0.29, 0.717) is 11.7 Å². The molecule has 146 valence electrons. The van der Waals surface area contributed by atoms with Crippen LogP contribution in [0.2, 0.25) is 0 Å². The van der Waals surface area contributed by atoms with E-state index in [0.717, 1.165) is 51.7 Å². The minimum atomic E-state index is 0.148. The highest BCUT2D eigenvalue weighted by atomic mass is 32.1. The first-order chi connectivity index (χ1) is 13.1. The summed E-state index contributed by atoms with van der Waals surface area (Å²) in [4.78, 5) is 17.7. The molecule has 6 heteroatoms. The van der Waals surface area contributed by atoms with Crippen LogP contribution >= 0.6 is 11.3 Å². The Morgan fingerprint density at radius 3 is 2.78 bits per heavy atom. The Hall–Kier alpha value is -1.66. The molecule has 2 aromatic rings. The number of nitrogens with zero attached hydrogens (tertiary/aromatic N) is 4. The van der Waals surface area contributed by atoms with Crippen LogP contribution in [-0.2, 0) is 26.4 Å². The van der Waals surface area contributed by atoms with Crippen molar-refractivity contribution in [3.63, 3.8) is 0 Å². The van der Waals surface area contributed by atoms with Gasteiger partial charge in [0.1, 0.15) is 0 Å². The highest BCUT2D eigenvalue weighted by molar-refractivity contribution is 7.07. The molecule has 1 fully saturated rings. The molecule has 0 saturated carbocycles. The summed E-state index contributed by atoms with van der Waals surface area (Å²) in [6, 6.07) is 2.67. The van der Waals surface area contributed by atoms with Crippen LogP contribution in [0.4, 0.5) is 0 Å². The van der Waals surface area contributed by atoms with Crippen molar-refractivity contribution in [1.82, 2.24) is 19.6 Å². The third-order valence-corrected chi connectivity index (χ3v) is 6.89. The molecule has 27 heavy (non-hydrogen) atoms. The van der Waals surface area contributed by atoms with Crippen molar-refractivity contribution < 1.29 is 4.79 Å². The van der Waals surface area contributed by atoms with Crippen LogP contribution in [0.25, 0.3) is 0 Å². The highest BCUT2D eigenvalue weighted by Crippen LogP contribution is 2.28. The summed E-state index contributed by atoms with van der Waals surface area (Å²) in [6.45, 7) is 2.73. The molecule has 1 aliphatic carbocycles. The van der Waals surface area contributed by atoms with Crippen LogP contribution in [0.5, 0.6) is 0 Å². The molecule has 0 aromatic carbocycles. The monoisotopic (exact) mass is 386 g/mol. The van der Waals surface area contributed by atoms with Gasteiger partial charge >= 0.3 is 0 Å². The number of carbonyl (C=O) groups excluding carboxylic acids is 1. The van der Waals surface area contributed by atoms with Gasteiger partial charge in [0, 0.05) is 44.0 Å². The number of rotatable bonds is 4. The number of carbonyl (C=O) groups is 1. The Morgan fingerprint density at radius 2 is 2.07 bits per heavy atom. The van der Waals surface area contributed by atoms with Crippen LogP contribution < -0.4 is 0 Å². The van der Waals surface area contributed by atoms with Crippen molar-refractivity contribution in [1.29, 1.82) is 0 Å². The molecule has 1 saturated heterocycles. The molecule has 1 atom stereocenters. The normalized spacial score (nSPS) is 20.6. The van der Waals surface area contributed by atoms with Gasteiger partial charge in [-0.15, -0.1) is 0 Å². The van der Waals surface area contributed by atoms with Crippen LogP contribution in [0, 0.1) is 0 Å². The standard InChI is InChI=1S/C21H30N4OS/c1-23(14-16-9-12-27-15-16)17-7-8-19-18(13-17)20(22-24(19)2)21(26)25-10-5-3-4-6-11-25/h9,12,15,17H,3-8,10-11,13-14H2,1-2H3/t17-/m0/s1. The first kappa shape index (κ1) is 18.7. The smallest absolute Gasteiger partial charge is 0.274 e. The zero-order valence-corrected chi connectivity index (χ0v) is 17.3. The van der Waals surface area contributed by atoms with Crippen molar-refractivity contribution in [2.45, 2.75) is 57.5 Å². The largest absolute Gasteiger partial charge is 0.337 e. The van der Waals surface area contributed by atoms with E-state index in [9.17, 15) is 4.79 Å². The second-order valence-electron chi connectivity index (χ2n) is 8.05. The lowest BCUT2D eigenvalue weighted by molar-refractivity contribution is 0.0753. The van der Waals surface area contributed by atoms with Crippen molar-refractivity contribution in [3.05, 3.63) is 39.3 Å². The Kier molecular flexibility index (Phi) is 5.64. The van der Waals surface area contributed by atoms with Crippen molar-refractivity contribution in [2.75, 3.05) is 20.1 Å². The predicted octanol–water partition coefficient (Wildman–Crippen LogP) is 3.49. The maximum Gasteiger partial charge on any atom is 0.274 e. The average molecular weight is 387 g/mol. The van der Waals surface area contributed by atoms with Gasteiger partial charge in [-0.2, -0.15) is 16.4 Å². The van der Waals surface area contributed by atoms with E-state index >= 15 is 0 Å². The topological polar surface area (TPSA) is 41.4 Å². The Labute approximate surface area is 166 Å². The van der Waals surface area contributed by atoms with Crippen LogP contribution in [-0.4, -0.2) is 51.7 Å². The Bertz CT molecular complexity index is 774. The molecule has 5 nitrogen and oxygen atoms in total. The molecule has 3 heterocycles. The number of aryl methyl sites for hydroxylation is 1. The fourth-order valence-electron chi connectivity index (χ4n) is 4.54. The SMILES string of the molecule is CN(Cc1ccsc1)[C@H]1CCc2c(c(C(=O)N3CCCCCC3)nn2C)C1. The van der Waals surface area contributed by atoms with Gasteiger partial charge in [-0.3, -0.25) is 14.4 Å². The number of hydrogen-bond donors (Lipinski definition) is 0. The second kappa shape index (κ2) is 8.15. The molecule has 0 unspecified atom stereocenters. The molecule has 1 aliphatic heterocycles. The molecule has 2 aromatic heterocycles. The predicted molar refractivity (Wildman–Crippen MR) is 109 cm³/mol. The van der Waals surface area contributed by atoms with Gasteiger partial charge in [-0.1, -0.05) is 12.8 Å². The number of likely N-dealkylation sites (tertiary alicyclic amines) is 1. The third-order valence-electron chi connectivity index (χ3n) is 6.16. The van der Waals surface area contributed by atoms with E-state index in [1.165, 1.54) is 29.7 Å². The molecule has 0 bridgehead atoms. The molecule has 0 N–H and O–H groups in total. The average Bonchev–Trinajstić information content (AvgIpc) is 3.19. The summed E-state index contributed by atoms with van der Waals surface area (Å²) in [6.07, 6.45) is 7.77. The molecular formula is C21H30N4OS. The molecule has 2 aliphatic rings. The van der Waals surface area contributed by atoms with Gasteiger partial charge in [0.25, 0.3) is 5.91 Å². The zero-order valence-electron chi connectivity index (χ0n) is 16.5. The van der Waals surface area contributed by atoms with Gasteiger partial charge in [0.05, 0.1) is 0 Å². The van der Waals surface area contributed by atoms with E-state index in [2.05, 4.69) is 33.9 Å². The van der Waals surface area contributed by atoms with Crippen molar-refractivity contribution >= 4 is 17.2 Å². The number of fused-ring (bicyclic) bond motifs is 1. The van der Waals surface area contributed by atoms with Gasteiger partial charge in [0.2, 0.25) is 0 Å². The highest BCUT2D eigenvalue weighted by Gasteiger charge is 2.32. The second-order valence-corrected chi connectivity index (χ2v) is 8.83. The quantitative estimate of drug-likeness (QED) is 0.808. The van der Waals surface area contributed by atoms with Gasteiger partial charge in [0.15, 0.2) is 5.69 Å². The maximum atomic E-state index is 13.2. The summed E-state index contributed by atoms with van der Waals surface area (Å²) in [5, 5.41) is 9.04. The van der Waals surface area contributed by atoms with Gasteiger partial charge in [-0.25, -0.2) is 0 Å². The lowest BCUT2D eigenvalue weighted by Gasteiger charge is -2.31. The molecule has 1 amide bonds. The van der Waals surface area contributed by atoms with Crippen molar-refractivity contribution in [3.8, 4) is 0 Å². The molecule has 0 spiro atoms. The summed E-state index contributed by atoms with van der Waals surface area (Å²) >= 11 is 1.75. The molecular weight excluding hydrogens is 356 g/mol. The number of thiophene rings is 1. The Balaban J connectivity index is 1.52. The van der Waals surface area contributed by atoms with E-state index in [1.54, 1.807) is 11.3 Å². The summed E-state index contributed by atoms with van der Waals surface area (Å²) in [5.74, 6) is 0.148. The lowest BCUT2D eigenvalue weighted by Crippen LogP contribution is -2.37. The Morgan fingerprint density at radius 1 is 1.30 bits per heavy atom. The first-order valence-corrected chi connectivity index (χ1v) is 11.1. The van der Waals surface area contributed by atoms with Crippen LogP contribution in [0.15, 0.2) is 16.8 Å². The first-order valence-electron chi connectivity index (χ1n) is 10.2. The van der Waals surface area contributed by atoms with E-state index < -0.39 is 0 Å². The third kappa shape index (κ3) is 3.97. The minimum absolute atomic E-state index is 0.148. The maximum absolute atomic E-state index is 13.2. The van der Waals surface area contributed by atoms with Crippen LogP contribution in [0.3, 0.4) is 0 Å². The fourth-order valence-corrected chi connectivity index (χ4v) is 5.20. The number of likely N-dealkylation sites (N-methyl/N-ethyl adjacent to an activating group) is 1. The van der Waals surface area contributed by atoms with Gasteiger partial charge in [-0.05, 0) is 61.5 Å². The number of amides is 1. The van der Waals surface area contributed by atoms with E-state index in [-0.39, 0.29) is 5.91 Å². The molecule has 0 radical (unpaired) electrons. The summed E-state index contributed by atoms with van der Waals surface area (Å²) in [5.41, 5.74) is 4.54. The van der Waals surface area contributed by atoms with Crippen LogP contribution in [0.1, 0.15) is 59.4 Å². The summed E-state index contributed by atoms with van der Waals surface area (Å²) < 4.78 is 1.95. The number of aromatic nitrogens is 2.